The number of hydrogen-bond acceptors (Lipinski definition) is 0. The molecule has 4 aliphatic carbocycles. The molecule has 0 N–H and O–H groups in total. The summed E-state index contributed by atoms with van der Waals surface area (Å²) in [5.74, 6) is 1.30. The minimum absolute atomic E-state index is 0.652. The summed E-state index contributed by atoms with van der Waals surface area (Å²) in [4.78, 5) is 0. The van der Waals surface area contributed by atoms with Crippen LogP contribution in [0.15, 0.2) is 89.1 Å². The van der Waals surface area contributed by atoms with E-state index in [2.05, 4.69) is 90.2 Å². The number of allylic oxidation sites excluding steroid dienone is 16. The van der Waals surface area contributed by atoms with Crippen molar-refractivity contribution in [2.24, 2.45) is 11.8 Å². The summed E-state index contributed by atoms with van der Waals surface area (Å²) >= 11 is 3.59. The van der Waals surface area contributed by atoms with Crippen LogP contribution in [0.1, 0.15) is 67.2 Å². The van der Waals surface area contributed by atoms with Gasteiger partial charge in [-0.1, -0.05) is 0 Å². The van der Waals surface area contributed by atoms with Crippen molar-refractivity contribution in [2.75, 3.05) is 0 Å². The molecule has 0 spiro atoms. The third-order valence-electron chi connectivity index (χ3n) is 5.49. The Balaban J connectivity index is 0.000000177. The van der Waals surface area contributed by atoms with Crippen LogP contribution in [0.2, 0.25) is 0 Å². The van der Waals surface area contributed by atoms with E-state index in [-0.39, 0.29) is 0 Å². The zero-order valence-corrected chi connectivity index (χ0v) is 21.2. The van der Waals surface area contributed by atoms with Crippen LogP contribution in [-0.2, 0) is 28.9 Å². The normalized spacial score (nSPS) is 20.5. The third kappa shape index (κ3) is 5.99. The molecule has 0 aromatic heterocycles. The SMILES string of the molecule is CC(C)C1=[C]([Ni][C]2=C(C(C)C)C=CC2)CC=C1.CC1=[C]([Ni][C]2=C(C)C=CC2)CC=C1. The van der Waals surface area contributed by atoms with E-state index in [0.29, 0.717) is 11.8 Å². The summed E-state index contributed by atoms with van der Waals surface area (Å²) in [5.41, 5.74) is 6.00. The predicted octanol–water partition coefficient (Wildman–Crippen LogP) is 8.35. The van der Waals surface area contributed by atoms with Gasteiger partial charge in [0.2, 0.25) is 0 Å². The average molecular weight is 490 g/mol. The molecule has 0 saturated carbocycles. The van der Waals surface area contributed by atoms with Crippen LogP contribution in [0.25, 0.3) is 0 Å². The Labute approximate surface area is 196 Å². The van der Waals surface area contributed by atoms with Gasteiger partial charge in [0.05, 0.1) is 0 Å². The zero-order valence-electron chi connectivity index (χ0n) is 19.2. The fourth-order valence-corrected chi connectivity index (χ4v) is 6.84. The molecule has 4 rings (SSSR count). The van der Waals surface area contributed by atoms with Crippen molar-refractivity contribution in [3.8, 4) is 0 Å². The molecule has 0 aromatic carbocycles. The molecular formula is C28H36Ni2. The molecular weight excluding hydrogens is 454 g/mol. The van der Waals surface area contributed by atoms with E-state index in [1.165, 1.54) is 11.1 Å². The first kappa shape index (κ1) is 23.6. The summed E-state index contributed by atoms with van der Waals surface area (Å²) in [7, 11) is 0. The first-order chi connectivity index (χ1) is 14.4. The van der Waals surface area contributed by atoms with Crippen molar-refractivity contribution in [3.63, 3.8) is 0 Å². The molecule has 0 aliphatic heterocycles. The first-order valence-corrected chi connectivity index (χ1v) is 13.0. The van der Waals surface area contributed by atoms with Crippen molar-refractivity contribution in [2.45, 2.75) is 67.2 Å². The monoisotopic (exact) mass is 488 g/mol. The molecule has 0 heterocycles. The van der Waals surface area contributed by atoms with Gasteiger partial charge in [-0.25, -0.2) is 0 Å². The Kier molecular flexibility index (Phi) is 8.62. The van der Waals surface area contributed by atoms with Crippen LogP contribution < -0.4 is 0 Å². The van der Waals surface area contributed by atoms with E-state index in [1.807, 2.05) is 14.4 Å². The fourth-order valence-electron chi connectivity index (χ4n) is 3.68. The van der Waals surface area contributed by atoms with Gasteiger partial charge in [0.25, 0.3) is 0 Å². The zero-order chi connectivity index (χ0) is 21.7. The van der Waals surface area contributed by atoms with E-state index in [1.54, 1.807) is 43.8 Å². The second-order valence-corrected chi connectivity index (χ2v) is 11.5. The van der Waals surface area contributed by atoms with Gasteiger partial charge < -0.3 is 0 Å². The third-order valence-corrected chi connectivity index (χ3v) is 8.84. The van der Waals surface area contributed by atoms with Crippen LogP contribution in [0.4, 0.5) is 0 Å². The fraction of sp³-hybridized carbons (Fsp3) is 0.429. The van der Waals surface area contributed by atoms with Gasteiger partial charge in [0.1, 0.15) is 0 Å². The van der Waals surface area contributed by atoms with Crippen molar-refractivity contribution < 1.29 is 28.9 Å². The quantitative estimate of drug-likeness (QED) is 0.329. The Hall–Kier alpha value is -1.09. The molecule has 0 saturated heterocycles. The maximum atomic E-state index is 2.32. The molecule has 0 unspecified atom stereocenters. The van der Waals surface area contributed by atoms with Crippen LogP contribution >= 0.6 is 0 Å². The average Bonchev–Trinajstić information content (AvgIpc) is 3.47. The molecule has 30 heavy (non-hydrogen) atoms. The van der Waals surface area contributed by atoms with E-state index in [0.717, 1.165) is 25.7 Å². The molecule has 4 aliphatic rings. The Morgan fingerprint density at radius 1 is 0.533 bits per heavy atom. The second kappa shape index (κ2) is 11.0. The molecule has 0 amide bonds. The van der Waals surface area contributed by atoms with E-state index in [4.69, 9.17) is 0 Å². The van der Waals surface area contributed by atoms with Gasteiger partial charge in [0.15, 0.2) is 0 Å². The van der Waals surface area contributed by atoms with Gasteiger partial charge >= 0.3 is 197 Å². The first-order valence-electron chi connectivity index (χ1n) is 11.1. The molecule has 0 nitrogen and oxygen atoms in total. The van der Waals surface area contributed by atoms with Gasteiger partial charge in [0, 0.05) is 0 Å². The summed E-state index contributed by atoms with van der Waals surface area (Å²) in [6, 6.07) is 0. The van der Waals surface area contributed by atoms with Crippen LogP contribution in [0, 0.1) is 11.8 Å². The molecule has 0 atom stereocenters. The van der Waals surface area contributed by atoms with Crippen LogP contribution in [-0.4, -0.2) is 0 Å². The topological polar surface area (TPSA) is 0 Å². The predicted molar refractivity (Wildman–Crippen MR) is 124 cm³/mol. The van der Waals surface area contributed by atoms with E-state index >= 15 is 0 Å². The number of hydrogen-bond donors (Lipinski definition) is 0. The van der Waals surface area contributed by atoms with Crippen molar-refractivity contribution >= 4 is 0 Å². The van der Waals surface area contributed by atoms with Crippen LogP contribution in [0.5, 0.6) is 0 Å². The molecule has 0 fully saturated rings. The summed E-state index contributed by atoms with van der Waals surface area (Å²) in [6.45, 7) is 13.6. The molecule has 2 heteroatoms. The summed E-state index contributed by atoms with van der Waals surface area (Å²) in [6.07, 6.45) is 22.8. The Bertz CT molecular complexity index is 834. The van der Waals surface area contributed by atoms with Crippen molar-refractivity contribution in [1.29, 1.82) is 0 Å². The summed E-state index contributed by atoms with van der Waals surface area (Å²) in [5, 5.41) is 0. The maximum absolute atomic E-state index is 2.32. The van der Waals surface area contributed by atoms with Gasteiger partial charge in [-0.2, -0.15) is 0 Å². The second-order valence-electron chi connectivity index (χ2n) is 8.64. The standard InChI is InChI=1S/2C8H11.2C6H7.2Ni/c2*1-7(2)8-5-3-4-6-8;2*1-6-4-2-3-5-6;;/h2*3,5,7H,4H2,1-2H3;2*2,4H,3H2,1H3;;. The number of rotatable bonds is 6. The minimum atomic E-state index is 0.652. The van der Waals surface area contributed by atoms with Crippen molar-refractivity contribution in [1.82, 2.24) is 0 Å². The molecule has 0 radical (unpaired) electrons. The molecule has 168 valence electrons. The van der Waals surface area contributed by atoms with E-state index in [9.17, 15) is 0 Å². The Morgan fingerprint density at radius 2 is 0.867 bits per heavy atom. The van der Waals surface area contributed by atoms with E-state index < -0.39 is 0 Å². The summed E-state index contributed by atoms with van der Waals surface area (Å²) < 4.78 is 6.27. The Morgan fingerprint density at radius 3 is 1.20 bits per heavy atom. The molecule has 0 aromatic rings. The van der Waals surface area contributed by atoms with Gasteiger partial charge in [-0.15, -0.1) is 0 Å². The molecule has 0 bridgehead atoms. The van der Waals surface area contributed by atoms with Crippen LogP contribution in [0.3, 0.4) is 0 Å². The van der Waals surface area contributed by atoms with Crippen molar-refractivity contribution in [3.05, 3.63) is 89.1 Å². The van der Waals surface area contributed by atoms with Gasteiger partial charge in [-0.3, -0.25) is 0 Å². The van der Waals surface area contributed by atoms with Gasteiger partial charge in [-0.05, 0) is 0 Å².